The van der Waals surface area contributed by atoms with Gasteiger partial charge in [-0.25, -0.2) is 0 Å². The highest BCUT2D eigenvalue weighted by Gasteiger charge is 2.14. The molecule has 4 heteroatoms. The number of carboxylic acids is 1. The Hall–Kier alpha value is -1.84. The van der Waals surface area contributed by atoms with Crippen LogP contribution in [0.3, 0.4) is 0 Å². The predicted molar refractivity (Wildman–Crippen MR) is 64.9 cm³/mol. The van der Waals surface area contributed by atoms with Gasteiger partial charge in [0.05, 0.1) is 6.42 Å². The molecule has 0 radical (unpaired) electrons. The lowest BCUT2D eigenvalue weighted by Gasteiger charge is -2.10. The van der Waals surface area contributed by atoms with Crippen molar-refractivity contribution < 1.29 is 14.7 Å². The van der Waals surface area contributed by atoms with Gasteiger partial charge in [-0.05, 0) is 37.5 Å². The number of rotatable bonds is 4. The lowest BCUT2D eigenvalue weighted by molar-refractivity contribution is -0.141. The number of hydrogen-bond donors (Lipinski definition) is 2. The molecule has 0 aliphatic carbocycles. The Balaban J connectivity index is 2.62. The molecule has 1 aromatic rings. The van der Waals surface area contributed by atoms with Crippen molar-refractivity contribution in [3.8, 4) is 0 Å². The maximum absolute atomic E-state index is 11.5. The van der Waals surface area contributed by atoms with Crippen molar-refractivity contribution in [1.29, 1.82) is 0 Å². The largest absolute Gasteiger partial charge is 0.480 e. The van der Waals surface area contributed by atoms with E-state index in [0.717, 1.165) is 11.1 Å². The summed E-state index contributed by atoms with van der Waals surface area (Å²) in [5.41, 5.74) is 3.19. The van der Waals surface area contributed by atoms with Crippen molar-refractivity contribution in [3.05, 3.63) is 34.9 Å². The van der Waals surface area contributed by atoms with Crippen molar-refractivity contribution in [2.24, 2.45) is 0 Å². The lowest BCUT2D eigenvalue weighted by Crippen LogP contribution is -2.39. The van der Waals surface area contributed by atoms with Gasteiger partial charge in [0.25, 0.3) is 0 Å². The number of carboxylic acid groups (broad SMARTS) is 1. The Labute approximate surface area is 101 Å². The van der Waals surface area contributed by atoms with Crippen LogP contribution >= 0.6 is 0 Å². The van der Waals surface area contributed by atoms with E-state index in [1.165, 1.54) is 12.5 Å². The van der Waals surface area contributed by atoms with Gasteiger partial charge < -0.3 is 10.4 Å². The minimum atomic E-state index is -1.03. The molecule has 0 fully saturated rings. The molecule has 0 saturated carbocycles. The van der Waals surface area contributed by atoms with Gasteiger partial charge in [0.15, 0.2) is 0 Å². The smallest absolute Gasteiger partial charge is 0.325 e. The highest BCUT2D eigenvalue weighted by atomic mass is 16.4. The third-order valence-corrected chi connectivity index (χ3v) is 2.68. The molecule has 0 unspecified atom stereocenters. The van der Waals surface area contributed by atoms with Gasteiger partial charge in [-0.15, -0.1) is 0 Å². The monoisotopic (exact) mass is 235 g/mol. The summed E-state index contributed by atoms with van der Waals surface area (Å²) in [6.07, 6.45) is 0.207. The van der Waals surface area contributed by atoms with Crippen LogP contribution in [0.15, 0.2) is 18.2 Å². The zero-order chi connectivity index (χ0) is 13.0. The van der Waals surface area contributed by atoms with E-state index >= 15 is 0 Å². The fraction of sp³-hybridized carbons (Fsp3) is 0.385. The van der Waals surface area contributed by atoms with Crippen LogP contribution in [-0.2, 0) is 16.0 Å². The van der Waals surface area contributed by atoms with Gasteiger partial charge in [-0.1, -0.05) is 18.2 Å². The van der Waals surface area contributed by atoms with Gasteiger partial charge in [-0.3, -0.25) is 9.59 Å². The standard InChI is InChI=1S/C13H17NO3/c1-8-4-5-11(6-9(8)2)7-12(15)14-10(3)13(16)17/h4-6,10H,7H2,1-3H3,(H,14,15)(H,16,17)/t10-/m0/s1. The highest BCUT2D eigenvalue weighted by Crippen LogP contribution is 2.10. The zero-order valence-electron chi connectivity index (χ0n) is 10.3. The minimum Gasteiger partial charge on any atom is -0.480 e. The number of carbonyl (C=O) groups is 2. The van der Waals surface area contributed by atoms with Crippen LogP contribution in [0.1, 0.15) is 23.6 Å². The third-order valence-electron chi connectivity index (χ3n) is 2.68. The molecule has 0 spiro atoms. The third kappa shape index (κ3) is 3.90. The van der Waals surface area contributed by atoms with E-state index in [1.54, 1.807) is 0 Å². The van der Waals surface area contributed by atoms with Crippen LogP contribution in [-0.4, -0.2) is 23.0 Å². The number of benzene rings is 1. The zero-order valence-corrected chi connectivity index (χ0v) is 10.3. The first-order valence-corrected chi connectivity index (χ1v) is 5.48. The summed E-state index contributed by atoms with van der Waals surface area (Å²) in [6, 6.07) is 4.93. The van der Waals surface area contributed by atoms with E-state index in [4.69, 9.17) is 5.11 Å². The van der Waals surface area contributed by atoms with Crippen LogP contribution < -0.4 is 5.32 Å². The summed E-state index contributed by atoms with van der Waals surface area (Å²) in [7, 11) is 0. The number of amides is 1. The second-order valence-electron chi connectivity index (χ2n) is 4.22. The molecular formula is C13H17NO3. The van der Waals surface area contributed by atoms with Crippen LogP contribution in [0, 0.1) is 13.8 Å². The Morgan fingerprint density at radius 1 is 1.29 bits per heavy atom. The molecule has 2 N–H and O–H groups in total. The Morgan fingerprint density at radius 3 is 2.47 bits per heavy atom. The first kappa shape index (κ1) is 13.2. The SMILES string of the molecule is Cc1ccc(CC(=O)N[C@@H](C)C(=O)O)cc1C. The molecule has 4 nitrogen and oxygen atoms in total. The number of aryl methyl sites for hydroxylation is 2. The van der Waals surface area contributed by atoms with Crippen molar-refractivity contribution in [3.63, 3.8) is 0 Å². The van der Waals surface area contributed by atoms with Crippen LogP contribution in [0.2, 0.25) is 0 Å². The van der Waals surface area contributed by atoms with Gasteiger partial charge in [0.2, 0.25) is 5.91 Å². The first-order valence-electron chi connectivity index (χ1n) is 5.48. The molecule has 1 rings (SSSR count). The van der Waals surface area contributed by atoms with Crippen molar-refractivity contribution in [2.45, 2.75) is 33.2 Å². The van der Waals surface area contributed by atoms with E-state index in [1.807, 2.05) is 32.0 Å². The summed E-state index contributed by atoms with van der Waals surface area (Å²) in [4.78, 5) is 22.1. The summed E-state index contributed by atoms with van der Waals surface area (Å²) < 4.78 is 0. The Bertz CT molecular complexity index is 440. The molecule has 17 heavy (non-hydrogen) atoms. The predicted octanol–water partition coefficient (Wildman–Crippen LogP) is 1.44. The molecular weight excluding hydrogens is 218 g/mol. The molecule has 1 amide bonds. The summed E-state index contributed by atoms with van der Waals surface area (Å²) >= 11 is 0. The summed E-state index contributed by atoms with van der Waals surface area (Å²) in [6.45, 7) is 5.43. The molecule has 0 saturated heterocycles. The van der Waals surface area contributed by atoms with E-state index in [9.17, 15) is 9.59 Å². The molecule has 0 bridgehead atoms. The second-order valence-corrected chi connectivity index (χ2v) is 4.22. The number of carbonyl (C=O) groups excluding carboxylic acids is 1. The minimum absolute atomic E-state index is 0.207. The Morgan fingerprint density at radius 2 is 1.94 bits per heavy atom. The fourth-order valence-electron chi connectivity index (χ4n) is 1.45. The average Bonchev–Trinajstić information content (AvgIpc) is 2.23. The quantitative estimate of drug-likeness (QED) is 0.829. The molecule has 0 heterocycles. The molecule has 0 aliphatic rings. The molecule has 1 atom stereocenters. The highest BCUT2D eigenvalue weighted by molar-refractivity contribution is 5.84. The molecule has 0 aliphatic heterocycles. The summed E-state index contributed by atoms with van der Waals surface area (Å²) in [5.74, 6) is -1.30. The van der Waals surface area contributed by atoms with E-state index in [0.29, 0.717) is 0 Å². The van der Waals surface area contributed by atoms with Crippen LogP contribution in [0.4, 0.5) is 0 Å². The van der Waals surface area contributed by atoms with Gasteiger partial charge in [0, 0.05) is 0 Å². The molecule has 0 aromatic heterocycles. The number of hydrogen-bond acceptors (Lipinski definition) is 2. The maximum Gasteiger partial charge on any atom is 0.325 e. The van der Waals surface area contributed by atoms with Gasteiger partial charge in [0.1, 0.15) is 6.04 Å². The van der Waals surface area contributed by atoms with Crippen molar-refractivity contribution in [2.75, 3.05) is 0 Å². The first-order chi connectivity index (χ1) is 7.90. The topological polar surface area (TPSA) is 66.4 Å². The Kier molecular flexibility index (Phi) is 4.26. The summed E-state index contributed by atoms with van der Waals surface area (Å²) in [5, 5.41) is 11.1. The van der Waals surface area contributed by atoms with E-state index in [-0.39, 0.29) is 12.3 Å². The van der Waals surface area contributed by atoms with Crippen molar-refractivity contribution in [1.82, 2.24) is 5.32 Å². The fourth-order valence-corrected chi connectivity index (χ4v) is 1.45. The number of aliphatic carboxylic acids is 1. The lowest BCUT2D eigenvalue weighted by atomic mass is 10.0. The normalized spacial score (nSPS) is 11.9. The van der Waals surface area contributed by atoms with Gasteiger partial charge in [-0.2, -0.15) is 0 Å². The van der Waals surface area contributed by atoms with Crippen molar-refractivity contribution >= 4 is 11.9 Å². The molecule has 1 aromatic carbocycles. The second kappa shape index (κ2) is 5.48. The van der Waals surface area contributed by atoms with E-state index < -0.39 is 12.0 Å². The average molecular weight is 235 g/mol. The van der Waals surface area contributed by atoms with E-state index in [2.05, 4.69) is 5.32 Å². The van der Waals surface area contributed by atoms with Crippen LogP contribution in [0.5, 0.6) is 0 Å². The molecule has 92 valence electrons. The maximum atomic E-state index is 11.5. The number of nitrogens with one attached hydrogen (secondary N) is 1. The van der Waals surface area contributed by atoms with Gasteiger partial charge >= 0.3 is 5.97 Å². The van der Waals surface area contributed by atoms with Crippen LogP contribution in [0.25, 0.3) is 0 Å².